The number of carbonyl (C=O) groups is 1. The topological polar surface area (TPSA) is 147 Å². The molecule has 4 heterocycles. The molecule has 2 N–H and O–H groups in total. The molecule has 1 aliphatic heterocycles. The minimum absolute atomic E-state index is 0.00996. The molecular formula is C24H21N7O3S. The van der Waals surface area contributed by atoms with E-state index in [0.717, 1.165) is 16.8 Å². The first kappa shape index (κ1) is 22.5. The molecule has 0 spiro atoms. The van der Waals surface area contributed by atoms with Crippen LogP contribution in [0.25, 0.3) is 28.0 Å². The Balaban J connectivity index is 1.57. The van der Waals surface area contributed by atoms with Gasteiger partial charge in [-0.2, -0.15) is 14.9 Å². The third kappa shape index (κ3) is 4.08. The molecule has 1 aromatic carbocycles. The van der Waals surface area contributed by atoms with Gasteiger partial charge in [0.25, 0.3) is 0 Å². The van der Waals surface area contributed by atoms with Gasteiger partial charge in [-0.3, -0.25) is 9.78 Å². The van der Waals surface area contributed by atoms with E-state index in [1.54, 1.807) is 29.4 Å². The highest BCUT2D eigenvalue weighted by molar-refractivity contribution is 7.91. The molecule has 10 nitrogen and oxygen atoms in total. The Morgan fingerprint density at radius 1 is 1.06 bits per heavy atom. The number of hydrogen-bond donors (Lipinski definition) is 1. The lowest BCUT2D eigenvalue weighted by Gasteiger charge is -2.29. The van der Waals surface area contributed by atoms with Crippen LogP contribution in [-0.4, -0.2) is 58.4 Å². The maximum absolute atomic E-state index is 12.5. The lowest BCUT2D eigenvalue weighted by Crippen LogP contribution is -2.41. The summed E-state index contributed by atoms with van der Waals surface area (Å²) in [6.07, 6.45) is 3.32. The number of rotatable bonds is 4. The maximum Gasteiger partial charge on any atom is 0.167 e. The molecular weight excluding hydrogens is 466 g/mol. The van der Waals surface area contributed by atoms with Crippen molar-refractivity contribution in [3.8, 4) is 28.5 Å². The third-order valence-corrected chi connectivity index (χ3v) is 7.65. The van der Waals surface area contributed by atoms with E-state index in [9.17, 15) is 13.2 Å². The Bertz CT molecular complexity index is 1590. The van der Waals surface area contributed by atoms with E-state index in [1.165, 1.54) is 11.4 Å². The fourth-order valence-corrected chi connectivity index (χ4v) is 5.34. The van der Waals surface area contributed by atoms with Gasteiger partial charge in [0, 0.05) is 36.0 Å². The average molecular weight is 488 g/mol. The Morgan fingerprint density at radius 2 is 1.74 bits per heavy atom. The van der Waals surface area contributed by atoms with Gasteiger partial charge in [0.15, 0.2) is 21.3 Å². The van der Waals surface area contributed by atoms with Gasteiger partial charge < -0.3 is 10.6 Å². The summed E-state index contributed by atoms with van der Waals surface area (Å²) in [4.78, 5) is 23.5. The van der Waals surface area contributed by atoms with Crippen LogP contribution in [0, 0.1) is 11.3 Å². The van der Waals surface area contributed by atoms with E-state index in [0.29, 0.717) is 22.6 Å². The van der Waals surface area contributed by atoms with E-state index in [2.05, 4.69) is 16.2 Å². The van der Waals surface area contributed by atoms with Crippen molar-refractivity contribution in [2.75, 3.05) is 35.2 Å². The van der Waals surface area contributed by atoms with Crippen molar-refractivity contribution in [1.82, 2.24) is 19.6 Å². The number of nitrogens with zero attached hydrogens (tertiary/aromatic N) is 6. The number of hydrogen-bond acceptors (Lipinski definition) is 9. The van der Waals surface area contributed by atoms with Crippen molar-refractivity contribution >= 4 is 32.9 Å². The maximum atomic E-state index is 12.5. The van der Waals surface area contributed by atoms with E-state index >= 15 is 0 Å². The first-order valence-corrected chi connectivity index (χ1v) is 12.7. The predicted molar refractivity (Wildman–Crippen MR) is 132 cm³/mol. The molecule has 3 aromatic heterocycles. The minimum atomic E-state index is -3.11. The molecule has 0 amide bonds. The second-order valence-corrected chi connectivity index (χ2v) is 10.6. The summed E-state index contributed by atoms with van der Waals surface area (Å²) in [7, 11) is -3.11. The largest absolute Gasteiger partial charge is 0.383 e. The molecule has 11 heteroatoms. The van der Waals surface area contributed by atoms with Gasteiger partial charge in [-0.05, 0) is 25.1 Å². The second kappa shape index (κ2) is 8.48. The summed E-state index contributed by atoms with van der Waals surface area (Å²) in [6.45, 7) is 1.87. The molecule has 0 radical (unpaired) electrons. The lowest BCUT2D eigenvalue weighted by atomic mass is 10.1. The molecule has 0 unspecified atom stereocenters. The number of carbonyl (C=O) groups excluding carboxylic acids is 1. The lowest BCUT2D eigenvalue weighted by molar-refractivity contribution is 0.101. The standard InChI is InChI=1S/C24H21N7O3S/c1-15(32)21-22(26)31-23(29-24(21)30-8-10-35(33,34)11-9-30)19(14-28-31)18-6-7-20(27-13-18)17-4-2-16(12-25)3-5-17/h2-7,13-14H,8-11,26H2,1H3. The summed E-state index contributed by atoms with van der Waals surface area (Å²) in [5.41, 5.74) is 10.7. The number of sulfone groups is 1. The number of benzene rings is 1. The molecule has 1 fully saturated rings. The smallest absolute Gasteiger partial charge is 0.167 e. The molecule has 0 bridgehead atoms. The van der Waals surface area contributed by atoms with Crippen molar-refractivity contribution in [3.05, 3.63) is 59.9 Å². The zero-order valence-electron chi connectivity index (χ0n) is 18.8. The molecule has 4 aromatic rings. The van der Waals surface area contributed by atoms with Crippen molar-refractivity contribution in [3.63, 3.8) is 0 Å². The number of nitrogen functional groups attached to an aromatic ring is 1. The van der Waals surface area contributed by atoms with Gasteiger partial charge in [-0.25, -0.2) is 13.4 Å². The zero-order valence-corrected chi connectivity index (χ0v) is 19.7. The van der Waals surface area contributed by atoms with E-state index in [4.69, 9.17) is 16.0 Å². The first-order valence-electron chi connectivity index (χ1n) is 10.9. The minimum Gasteiger partial charge on any atom is -0.383 e. The Hall–Kier alpha value is -4.30. The van der Waals surface area contributed by atoms with Crippen LogP contribution in [0.1, 0.15) is 22.8 Å². The van der Waals surface area contributed by atoms with Crippen LogP contribution in [0.3, 0.4) is 0 Å². The summed E-state index contributed by atoms with van der Waals surface area (Å²) in [5, 5.41) is 13.3. The van der Waals surface area contributed by atoms with Gasteiger partial charge in [-0.15, -0.1) is 0 Å². The monoisotopic (exact) mass is 487 g/mol. The van der Waals surface area contributed by atoms with Crippen molar-refractivity contribution in [1.29, 1.82) is 5.26 Å². The van der Waals surface area contributed by atoms with E-state index in [1.807, 2.05) is 24.3 Å². The van der Waals surface area contributed by atoms with E-state index in [-0.39, 0.29) is 41.8 Å². The van der Waals surface area contributed by atoms with Gasteiger partial charge >= 0.3 is 0 Å². The van der Waals surface area contributed by atoms with Crippen LogP contribution in [0.4, 0.5) is 11.6 Å². The normalized spacial score (nSPS) is 15.1. The predicted octanol–water partition coefficient (Wildman–Crippen LogP) is 2.35. The number of pyridine rings is 1. The highest BCUT2D eigenvalue weighted by Gasteiger charge is 2.28. The second-order valence-electron chi connectivity index (χ2n) is 8.31. The highest BCUT2D eigenvalue weighted by Crippen LogP contribution is 2.32. The van der Waals surface area contributed by atoms with Gasteiger partial charge in [-0.1, -0.05) is 18.2 Å². The van der Waals surface area contributed by atoms with Crippen LogP contribution >= 0.6 is 0 Å². The molecule has 176 valence electrons. The number of nitriles is 1. The number of nitrogens with two attached hydrogens (primary N) is 1. The Kier molecular flexibility index (Phi) is 5.45. The van der Waals surface area contributed by atoms with Crippen LogP contribution in [0.2, 0.25) is 0 Å². The SMILES string of the molecule is CC(=O)c1c(N2CCS(=O)(=O)CC2)nc2c(-c3ccc(-c4ccc(C#N)cc4)nc3)cnn2c1N. The van der Waals surface area contributed by atoms with Crippen LogP contribution < -0.4 is 10.6 Å². The highest BCUT2D eigenvalue weighted by atomic mass is 32.2. The molecule has 35 heavy (non-hydrogen) atoms. The fourth-order valence-electron chi connectivity index (χ4n) is 4.14. The number of ketones is 1. The molecule has 0 atom stereocenters. The quantitative estimate of drug-likeness (QED) is 0.428. The van der Waals surface area contributed by atoms with Crippen molar-refractivity contribution in [2.45, 2.75) is 6.92 Å². The number of anilines is 2. The van der Waals surface area contributed by atoms with E-state index < -0.39 is 9.84 Å². The summed E-state index contributed by atoms with van der Waals surface area (Å²) in [6, 6.07) is 13.0. The Labute approximate surface area is 201 Å². The summed E-state index contributed by atoms with van der Waals surface area (Å²) in [5.74, 6) is 0.222. The zero-order chi connectivity index (χ0) is 24.7. The van der Waals surface area contributed by atoms with Gasteiger partial charge in [0.05, 0.1) is 35.0 Å². The molecule has 1 saturated heterocycles. The average Bonchev–Trinajstić information content (AvgIpc) is 3.28. The summed E-state index contributed by atoms with van der Waals surface area (Å²) >= 11 is 0. The molecule has 1 aliphatic rings. The molecule has 0 saturated carbocycles. The van der Waals surface area contributed by atoms with Crippen molar-refractivity contribution < 1.29 is 13.2 Å². The summed E-state index contributed by atoms with van der Waals surface area (Å²) < 4.78 is 25.2. The van der Waals surface area contributed by atoms with Crippen LogP contribution in [0.15, 0.2) is 48.8 Å². The third-order valence-electron chi connectivity index (χ3n) is 6.04. The van der Waals surface area contributed by atoms with Crippen LogP contribution in [-0.2, 0) is 9.84 Å². The molecule has 5 rings (SSSR count). The number of aromatic nitrogens is 4. The van der Waals surface area contributed by atoms with Gasteiger partial charge in [0.2, 0.25) is 0 Å². The Morgan fingerprint density at radius 3 is 2.34 bits per heavy atom. The molecule has 0 aliphatic carbocycles. The first-order chi connectivity index (χ1) is 16.8. The fraction of sp³-hybridized carbons (Fsp3) is 0.208. The van der Waals surface area contributed by atoms with Crippen molar-refractivity contribution in [2.24, 2.45) is 0 Å². The van der Waals surface area contributed by atoms with Crippen LogP contribution in [0.5, 0.6) is 0 Å². The van der Waals surface area contributed by atoms with Gasteiger partial charge in [0.1, 0.15) is 17.2 Å². The number of fused-ring (bicyclic) bond motifs is 1. The number of Topliss-reactive ketones (excluding diaryl/α,β-unsaturated/α-hetero) is 1.